The summed E-state index contributed by atoms with van der Waals surface area (Å²) in [4.78, 5) is 12.1. The van der Waals surface area contributed by atoms with Crippen LogP contribution in [0.3, 0.4) is 0 Å². The molecule has 0 aliphatic heterocycles. The van der Waals surface area contributed by atoms with Crippen LogP contribution in [0, 0.1) is 12.8 Å². The molecule has 0 aromatic carbocycles. The van der Waals surface area contributed by atoms with Crippen LogP contribution in [0.15, 0.2) is 0 Å². The molecule has 54 valence electrons. The van der Waals surface area contributed by atoms with E-state index in [-0.39, 0.29) is 24.8 Å². The summed E-state index contributed by atoms with van der Waals surface area (Å²) >= 11 is 0. The minimum Gasteiger partial charge on any atom is -0.370 e. The third kappa shape index (κ3) is 6.06. The Balaban J connectivity index is 0. The quantitative estimate of drug-likeness (QED) is 0.315. The van der Waals surface area contributed by atoms with Gasteiger partial charge in [-0.15, -0.1) is 0 Å². The molecule has 2 nitrogen and oxygen atoms in total. The molecule has 0 aromatic heterocycles. The van der Waals surface area contributed by atoms with Crippen molar-refractivity contribution in [2.45, 2.75) is 13.8 Å². The van der Waals surface area contributed by atoms with Crippen LogP contribution in [-0.2, 0) is 4.79 Å². The van der Waals surface area contributed by atoms with Gasteiger partial charge in [0.2, 0.25) is 0 Å². The van der Waals surface area contributed by atoms with E-state index in [1.54, 1.807) is 11.9 Å². The summed E-state index contributed by atoms with van der Waals surface area (Å²) in [5, 5.41) is 0. The van der Waals surface area contributed by atoms with Gasteiger partial charge < -0.3 is 16.6 Å². The molecule has 0 saturated carbocycles. The Labute approximate surface area is 75.1 Å². The van der Waals surface area contributed by atoms with E-state index in [1.807, 2.05) is 0 Å². The molecule has 0 aliphatic carbocycles. The number of carbonyl (C=O) groups is 1. The summed E-state index contributed by atoms with van der Waals surface area (Å²) in [6.45, 7) is 8.21. The maximum atomic E-state index is 10.5. The number of nitrogens with zero attached hydrogens (tertiary/aromatic N) is 1. The molecule has 0 rings (SSSR count). The summed E-state index contributed by atoms with van der Waals surface area (Å²) < 4.78 is 0. The van der Waals surface area contributed by atoms with Crippen molar-refractivity contribution < 1.29 is 23.7 Å². The maximum absolute atomic E-state index is 10.5. The van der Waals surface area contributed by atoms with Gasteiger partial charge in [-0.05, 0) is 5.92 Å². The van der Waals surface area contributed by atoms with Crippen molar-refractivity contribution in [3.05, 3.63) is 6.92 Å². The van der Waals surface area contributed by atoms with Gasteiger partial charge in [0.1, 0.15) is 0 Å². The van der Waals surface area contributed by atoms with E-state index in [1.165, 1.54) is 0 Å². The van der Waals surface area contributed by atoms with E-state index in [2.05, 4.69) is 20.8 Å². The first-order chi connectivity index (χ1) is 4.04. The number of amides is 1. The molecule has 0 aromatic rings. The van der Waals surface area contributed by atoms with Crippen LogP contribution in [0.25, 0.3) is 0 Å². The monoisotopic (exact) mass is 135 g/mol. The largest absolute Gasteiger partial charge is 1.00 e. The van der Waals surface area contributed by atoms with E-state index >= 15 is 0 Å². The minimum atomic E-state index is -0.108. The molecule has 0 N–H and O–H groups in total. The summed E-state index contributed by atoms with van der Waals surface area (Å²) in [7, 11) is 1.76. The molecule has 0 spiro atoms. The van der Waals surface area contributed by atoms with E-state index in [9.17, 15) is 4.79 Å². The Morgan fingerprint density at radius 1 is 1.60 bits per heavy atom. The van der Waals surface area contributed by atoms with Crippen molar-refractivity contribution in [2.75, 3.05) is 13.6 Å². The Morgan fingerprint density at radius 3 is 2.10 bits per heavy atom. The summed E-state index contributed by atoms with van der Waals surface area (Å²) in [5.41, 5.74) is 0. The Hall–Kier alpha value is -0.0626. The first-order valence-corrected chi connectivity index (χ1v) is 3.11. The zero-order valence-electron chi connectivity index (χ0n) is 7.35. The molecule has 0 radical (unpaired) electrons. The fourth-order valence-corrected chi connectivity index (χ4v) is 0.650. The zero-order valence-corrected chi connectivity index (χ0v) is 7.35. The second kappa shape index (κ2) is 5.70. The van der Waals surface area contributed by atoms with Gasteiger partial charge in [-0.3, -0.25) is 0 Å². The van der Waals surface area contributed by atoms with Crippen LogP contribution in [0.5, 0.6) is 0 Å². The van der Waals surface area contributed by atoms with Crippen molar-refractivity contribution in [1.82, 2.24) is 4.90 Å². The van der Waals surface area contributed by atoms with Crippen molar-refractivity contribution in [3.63, 3.8) is 0 Å². The average Bonchev–Trinajstić information content (AvgIpc) is 1.63. The first kappa shape index (κ1) is 12.6. The normalized spacial score (nSPS) is 8.80. The van der Waals surface area contributed by atoms with E-state index < -0.39 is 0 Å². The fourth-order valence-electron chi connectivity index (χ4n) is 0.650. The Bertz CT molecular complexity index is 104. The molecule has 1 amide bonds. The molecule has 0 fully saturated rings. The van der Waals surface area contributed by atoms with Gasteiger partial charge in [0, 0.05) is 13.6 Å². The van der Waals surface area contributed by atoms with Gasteiger partial charge in [-0.25, -0.2) is 0 Å². The topological polar surface area (TPSA) is 20.3 Å². The molecule has 0 bridgehead atoms. The Morgan fingerprint density at radius 2 is 2.00 bits per heavy atom. The molecule has 3 heteroatoms. The second-order valence-corrected chi connectivity index (χ2v) is 2.67. The molecule has 0 aliphatic rings. The number of hydrogen-bond acceptors (Lipinski definition) is 1. The van der Waals surface area contributed by atoms with E-state index in [0.29, 0.717) is 5.92 Å². The molecule has 0 heterocycles. The summed E-state index contributed by atoms with van der Waals surface area (Å²) in [6, 6.07) is 0. The van der Waals surface area contributed by atoms with Crippen molar-refractivity contribution in [2.24, 2.45) is 5.92 Å². The fraction of sp³-hybridized carbons (Fsp3) is 0.714. The van der Waals surface area contributed by atoms with Gasteiger partial charge in [0.25, 0.3) is 0 Å². The van der Waals surface area contributed by atoms with Crippen LogP contribution in [0.4, 0.5) is 0 Å². The summed E-state index contributed by atoms with van der Waals surface area (Å²) in [5.74, 6) is 0.421. The third-order valence-electron chi connectivity index (χ3n) is 1.06. The molecule has 10 heavy (non-hydrogen) atoms. The number of carbonyl (C=O) groups excluding carboxylic acids is 1. The van der Waals surface area contributed by atoms with Gasteiger partial charge >= 0.3 is 18.9 Å². The molecular formula is C7H14LiNO. The number of hydrogen-bond donors (Lipinski definition) is 0. The third-order valence-corrected chi connectivity index (χ3v) is 1.06. The van der Waals surface area contributed by atoms with E-state index in [4.69, 9.17) is 0 Å². The van der Waals surface area contributed by atoms with Crippen molar-refractivity contribution in [3.8, 4) is 0 Å². The SMILES string of the molecule is [CH2-]C(=O)N(C)CC(C)C.[Li+]. The van der Waals surface area contributed by atoms with Crippen LogP contribution in [0.1, 0.15) is 13.8 Å². The molecular weight excluding hydrogens is 121 g/mol. The van der Waals surface area contributed by atoms with Crippen LogP contribution >= 0.6 is 0 Å². The van der Waals surface area contributed by atoms with E-state index in [0.717, 1.165) is 6.54 Å². The smallest absolute Gasteiger partial charge is 0.370 e. The van der Waals surface area contributed by atoms with Gasteiger partial charge in [-0.1, -0.05) is 13.8 Å². The van der Waals surface area contributed by atoms with Gasteiger partial charge in [-0.2, -0.15) is 0 Å². The zero-order chi connectivity index (χ0) is 7.44. The molecule has 0 atom stereocenters. The molecule has 0 unspecified atom stereocenters. The second-order valence-electron chi connectivity index (χ2n) is 2.67. The predicted octanol–water partition coefficient (Wildman–Crippen LogP) is -2.06. The van der Waals surface area contributed by atoms with Crippen molar-refractivity contribution in [1.29, 1.82) is 0 Å². The van der Waals surface area contributed by atoms with Gasteiger partial charge in [0.05, 0.1) is 5.91 Å². The maximum Gasteiger partial charge on any atom is 1.00 e. The predicted molar refractivity (Wildman–Crippen MR) is 37.8 cm³/mol. The van der Waals surface area contributed by atoms with Crippen LogP contribution < -0.4 is 18.9 Å². The van der Waals surface area contributed by atoms with Gasteiger partial charge in [0.15, 0.2) is 0 Å². The standard InChI is InChI=1S/C7H14NO.Li/c1-6(2)5-8(4)7(3)9;/h6H,3,5H2,1-2,4H3;/q-1;+1. The minimum absolute atomic E-state index is 0. The number of rotatable bonds is 2. The van der Waals surface area contributed by atoms with Crippen molar-refractivity contribution >= 4 is 5.91 Å². The van der Waals surface area contributed by atoms with Crippen LogP contribution in [0.2, 0.25) is 0 Å². The molecule has 0 saturated heterocycles. The summed E-state index contributed by atoms with van der Waals surface area (Å²) in [6.07, 6.45) is 0. The first-order valence-electron chi connectivity index (χ1n) is 3.11. The Kier molecular flexibility index (Phi) is 7.18. The van der Waals surface area contributed by atoms with Crippen LogP contribution in [-0.4, -0.2) is 24.4 Å². The average molecular weight is 135 g/mol.